The van der Waals surface area contributed by atoms with Gasteiger partial charge in [0.1, 0.15) is 0 Å². The molecule has 1 rings (SSSR count). The van der Waals surface area contributed by atoms with Gasteiger partial charge < -0.3 is 9.47 Å². The van der Waals surface area contributed by atoms with E-state index in [2.05, 4.69) is 55.4 Å². The summed E-state index contributed by atoms with van der Waals surface area (Å²) < 4.78 is 12.0. The van der Waals surface area contributed by atoms with E-state index in [1.165, 1.54) is 12.8 Å². The van der Waals surface area contributed by atoms with Crippen molar-refractivity contribution in [2.45, 2.75) is 113 Å². The molecule has 2 unspecified atom stereocenters. The first-order chi connectivity index (χ1) is 10.9. The highest BCUT2D eigenvalue weighted by molar-refractivity contribution is 5.77. The number of carbonyl (C=O) groups is 1. The van der Waals surface area contributed by atoms with Crippen LogP contribution in [0.25, 0.3) is 0 Å². The van der Waals surface area contributed by atoms with E-state index >= 15 is 0 Å². The number of rotatable bonds is 7. The maximum absolute atomic E-state index is 13.1. The van der Waals surface area contributed by atoms with Crippen LogP contribution in [0, 0.1) is 16.2 Å². The van der Waals surface area contributed by atoms with Crippen molar-refractivity contribution in [3.05, 3.63) is 0 Å². The molecule has 0 radical (unpaired) electrons. The van der Waals surface area contributed by atoms with Crippen LogP contribution in [0.3, 0.4) is 0 Å². The van der Waals surface area contributed by atoms with Crippen LogP contribution in [0.1, 0.15) is 100 Å². The lowest BCUT2D eigenvalue weighted by Gasteiger charge is -2.44. The van der Waals surface area contributed by atoms with Crippen LogP contribution in [-0.4, -0.2) is 18.4 Å². The van der Waals surface area contributed by atoms with Crippen LogP contribution in [0.5, 0.6) is 0 Å². The molecule has 0 heterocycles. The summed E-state index contributed by atoms with van der Waals surface area (Å²) in [5.41, 5.74) is -0.634. The zero-order valence-electron chi connectivity index (χ0n) is 17.3. The summed E-state index contributed by atoms with van der Waals surface area (Å²) in [5.74, 6) is -0.110. The highest BCUT2D eigenvalue weighted by atomic mass is 16.7. The third kappa shape index (κ3) is 6.06. The SMILES string of the molecule is CCCC(OC(=O)C(C)(CC(C)(C)C)C(C)(C)C)OC1CCCC1. The second-order valence-electron chi connectivity index (χ2n) is 9.99. The monoisotopic (exact) mass is 340 g/mol. The Morgan fingerprint density at radius 2 is 1.58 bits per heavy atom. The molecule has 0 aromatic carbocycles. The molecule has 1 fully saturated rings. The van der Waals surface area contributed by atoms with Crippen molar-refractivity contribution in [3.8, 4) is 0 Å². The van der Waals surface area contributed by atoms with Crippen molar-refractivity contribution in [1.29, 1.82) is 0 Å². The first-order valence-electron chi connectivity index (χ1n) is 9.75. The Labute approximate surface area is 149 Å². The van der Waals surface area contributed by atoms with Gasteiger partial charge in [-0.05, 0) is 37.0 Å². The molecule has 1 aliphatic rings. The summed E-state index contributed by atoms with van der Waals surface area (Å²) in [7, 11) is 0. The van der Waals surface area contributed by atoms with E-state index in [4.69, 9.17) is 9.47 Å². The fraction of sp³-hybridized carbons (Fsp3) is 0.952. The zero-order chi connectivity index (χ0) is 18.6. The summed E-state index contributed by atoms with van der Waals surface area (Å²) in [5, 5.41) is 0. The number of esters is 1. The average Bonchev–Trinajstić information content (AvgIpc) is 2.88. The van der Waals surface area contributed by atoms with Gasteiger partial charge in [0.05, 0.1) is 11.5 Å². The Morgan fingerprint density at radius 3 is 2.00 bits per heavy atom. The summed E-state index contributed by atoms with van der Waals surface area (Å²) in [4.78, 5) is 13.1. The first kappa shape index (κ1) is 21.5. The Morgan fingerprint density at radius 1 is 1.04 bits per heavy atom. The normalized spacial score (nSPS) is 20.7. The molecule has 0 N–H and O–H groups in total. The molecule has 3 heteroatoms. The van der Waals surface area contributed by atoms with Gasteiger partial charge in [0.2, 0.25) is 6.29 Å². The van der Waals surface area contributed by atoms with Crippen LogP contribution in [-0.2, 0) is 14.3 Å². The topological polar surface area (TPSA) is 35.5 Å². The van der Waals surface area contributed by atoms with Crippen molar-refractivity contribution in [1.82, 2.24) is 0 Å². The van der Waals surface area contributed by atoms with Gasteiger partial charge in [-0.15, -0.1) is 0 Å². The van der Waals surface area contributed by atoms with Crippen LogP contribution in [0.2, 0.25) is 0 Å². The zero-order valence-corrected chi connectivity index (χ0v) is 17.3. The van der Waals surface area contributed by atoms with Crippen molar-refractivity contribution >= 4 is 5.97 Å². The fourth-order valence-electron chi connectivity index (χ4n) is 3.58. The van der Waals surface area contributed by atoms with Gasteiger partial charge in [-0.3, -0.25) is 4.79 Å². The molecule has 3 nitrogen and oxygen atoms in total. The van der Waals surface area contributed by atoms with Gasteiger partial charge in [0.15, 0.2) is 0 Å². The van der Waals surface area contributed by atoms with E-state index in [1.807, 2.05) is 0 Å². The molecule has 1 aliphatic carbocycles. The van der Waals surface area contributed by atoms with Gasteiger partial charge in [-0.2, -0.15) is 0 Å². The molecule has 0 spiro atoms. The minimum Gasteiger partial charge on any atom is -0.435 e. The Kier molecular flexibility index (Phi) is 7.34. The smallest absolute Gasteiger partial charge is 0.314 e. The van der Waals surface area contributed by atoms with Gasteiger partial charge in [-0.25, -0.2) is 0 Å². The number of carbonyl (C=O) groups excluding carboxylic acids is 1. The fourth-order valence-corrected chi connectivity index (χ4v) is 3.58. The molecule has 0 saturated heterocycles. The quantitative estimate of drug-likeness (QED) is 0.415. The molecule has 1 saturated carbocycles. The van der Waals surface area contributed by atoms with E-state index in [-0.39, 0.29) is 22.9 Å². The largest absolute Gasteiger partial charge is 0.435 e. The van der Waals surface area contributed by atoms with Gasteiger partial charge in [0.25, 0.3) is 0 Å². The molecular weight excluding hydrogens is 300 g/mol. The Bertz CT molecular complexity index is 396. The lowest BCUT2D eigenvalue weighted by Crippen LogP contribution is -2.46. The summed E-state index contributed by atoms with van der Waals surface area (Å²) >= 11 is 0. The summed E-state index contributed by atoms with van der Waals surface area (Å²) in [6, 6.07) is 0. The first-order valence-corrected chi connectivity index (χ1v) is 9.75. The van der Waals surface area contributed by atoms with Crippen LogP contribution < -0.4 is 0 Å². The molecule has 142 valence electrons. The van der Waals surface area contributed by atoms with Crippen molar-refractivity contribution in [3.63, 3.8) is 0 Å². The van der Waals surface area contributed by atoms with E-state index in [1.54, 1.807) is 0 Å². The summed E-state index contributed by atoms with van der Waals surface area (Å²) in [6.45, 7) is 17.1. The average molecular weight is 341 g/mol. The van der Waals surface area contributed by atoms with Gasteiger partial charge in [0, 0.05) is 6.42 Å². The van der Waals surface area contributed by atoms with E-state index < -0.39 is 11.7 Å². The third-order valence-electron chi connectivity index (χ3n) is 5.40. The predicted molar refractivity (Wildman–Crippen MR) is 99.8 cm³/mol. The molecule has 0 aromatic heterocycles. The van der Waals surface area contributed by atoms with Crippen LogP contribution >= 0.6 is 0 Å². The lowest BCUT2D eigenvalue weighted by atomic mass is 9.61. The molecule has 2 atom stereocenters. The minimum absolute atomic E-state index is 0.0631. The van der Waals surface area contributed by atoms with Gasteiger partial charge in [-0.1, -0.05) is 67.7 Å². The highest BCUT2D eigenvalue weighted by Crippen LogP contribution is 2.47. The van der Waals surface area contributed by atoms with Crippen molar-refractivity contribution in [2.24, 2.45) is 16.2 Å². The minimum atomic E-state index is -0.531. The van der Waals surface area contributed by atoms with E-state index in [9.17, 15) is 4.79 Å². The predicted octanol–water partition coefficient (Wildman–Crippen LogP) is 6.10. The highest BCUT2D eigenvalue weighted by Gasteiger charge is 2.48. The number of hydrogen-bond donors (Lipinski definition) is 0. The van der Waals surface area contributed by atoms with Crippen LogP contribution in [0.4, 0.5) is 0 Å². The molecule has 24 heavy (non-hydrogen) atoms. The Hall–Kier alpha value is -0.570. The maximum atomic E-state index is 13.1. The second kappa shape index (κ2) is 8.21. The van der Waals surface area contributed by atoms with Crippen LogP contribution in [0.15, 0.2) is 0 Å². The van der Waals surface area contributed by atoms with Crippen molar-refractivity contribution in [2.75, 3.05) is 0 Å². The maximum Gasteiger partial charge on any atom is 0.314 e. The Balaban J connectivity index is 2.86. The molecule has 0 amide bonds. The lowest BCUT2D eigenvalue weighted by molar-refractivity contribution is -0.207. The summed E-state index contributed by atoms with van der Waals surface area (Å²) in [6.07, 6.45) is 7.03. The number of hydrogen-bond acceptors (Lipinski definition) is 3. The second-order valence-corrected chi connectivity index (χ2v) is 9.99. The molecule has 0 aliphatic heterocycles. The number of ether oxygens (including phenoxy) is 2. The van der Waals surface area contributed by atoms with Crippen molar-refractivity contribution < 1.29 is 14.3 Å². The molecular formula is C21H40O3. The molecule has 0 aromatic rings. The van der Waals surface area contributed by atoms with Gasteiger partial charge >= 0.3 is 5.97 Å². The van der Waals surface area contributed by atoms with E-state index in [0.29, 0.717) is 0 Å². The van der Waals surface area contributed by atoms with E-state index in [0.717, 1.165) is 32.1 Å². The standard InChI is InChI=1S/C21H40O3/c1-9-12-17(23-16-13-10-11-14-16)24-18(22)21(8,20(5,6)7)15-19(2,3)4/h16-17H,9-15H2,1-8H3. The molecule has 0 bridgehead atoms. The third-order valence-corrected chi connectivity index (χ3v) is 5.40.